The minimum atomic E-state index is -3.70. The summed E-state index contributed by atoms with van der Waals surface area (Å²) in [7, 11) is -1.94. The number of hydrogen-bond acceptors (Lipinski definition) is 5. The standard InChI is InChI=1S/C20H26FN5O3S/c1-15-22-19(14-23(15)2)30(28,29)26-8-7-18-20(27)25(10-9-24(18)11-12-26)13-16-3-5-17(21)6-4-16/h3-6,14,18H,7-13H2,1-2H3. The van der Waals surface area contributed by atoms with Crippen LogP contribution in [0.25, 0.3) is 0 Å². The zero-order valence-electron chi connectivity index (χ0n) is 17.2. The van der Waals surface area contributed by atoms with Crippen LogP contribution < -0.4 is 0 Å². The van der Waals surface area contributed by atoms with Gasteiger partial charge < -0.3 is 9.47 Å². The molecule has 3 heterocycles. The number of benzene rings is 1. The molecule has 2 aliphatic rings. The Kier molecular flexibility index (Phi) is 5.65. The van der Waals surface area contributed by atoms with E-state index in [1.165, 1.54) is 22.6 Å². The first-order chi connectivity index (χ1) is 14.3. The Balaban J connectivity index is 1.46. The number of halogens is 1. The smallest absolute Gasteiger partial charge is 0.262 e. The molecule has 8 nitrogen and oxygen atoms in total. The highest BCUT2D eigenvalue weighted by Crippen LogP contribution is 2.23. The number of carbonyl (C=O) groups excluding carboxylic acids is 1. The molecule has 1 amide bonds. The van der Waals surface area contributed by atoms with Crippen LogP contribution in [0.2, 0.25) is 0 Å². The van der Waals surface area contributed by atoms with Gasteiger partial charge in [-0.25, -0.2) is 17.8 Å². The maximum absolute atomic E-state index is 13.1. The van der Waals surface area contributed by atoms with Gasteiger partial charge in [0.1, 0.15) is 11.6 Å². The molecule has 2 fully saturated rings. The van der Waals surface area contributed by atoms with E-state index in [-0.39, 0.29) is 29.3 Å². The van der Waals surface area contributed by atoms with E-state index >= 15 is 0 Å². The maximum Gasteiger partial charge on any atom is 0.262 e. The van der Waals surface area contributed by atoms with Crippen molar-refractivity contribution in [3.05, 3.63) is 47.7 Å². The fourth-order valence-electron chi connectivity index (χ4n) is 4.06. The number of amides is 1. The molecule has 162 valence electrons. The molecule has 10 heteroatoms. The van der Waals surface area contributed by atoms with Crippen LogP contribution in [0.4, 0.5) is 4.39 Å². The van der Waals surface area contributed by atoms with Gasteiger partial charge in [0.05, 0.1) is 6.04 Å². The van der Waals surface area contributed by atoms with E-state index in [2.05, 4.69) is 9.88 Å². The van der Waals surface area contributed by atoms with Crippen LogP contribution in [0, 0.1) is 12.7 Å². The Bertz CT molecular complexity index is 1020. The number of nitrogens with zero attached hydrogens (tertiary/aromatic N) is 5. The van der Waals surface area contributed by atoms with Gasteiger partial charge in [0.25, 0.3) is 10.0 Å². The molecule has 0 bridgehead atoms. The largest absolute Gasteiger partial charge is 0.337 e. The van der Waals surface area contributed by atoms with Crippen molar-refractivity contribution >= 4 is 15.9 Å². The fraction of sp³-hybridized carbons (Fsp3) is 0.500. The molecule has 0 N–H and O–H groups in total. The fourth-order valence-corrected chi connectivity index (χ4v) is 5.54. The third-order valence-corrected chi connectivity index (χ3v) is 7.73. The summed E-state index contributed by atoms with van der Waals surface area (Å²) in [6, 6.07) is 5.81. The molecule has 1 aromatic heterocycles. The molecule has 0 spiro atoms. The summed E-state index contributed by atoms with van der Waals surface area (Å²) in [6.45, 7) is 4.56. The van der Waals surface area contributed by atoms with Crippen LogP contribution >= 0.6 is 0 Å². The van der Waals surface area contributed by atoms with Gasteiger partial charge >= 0.3 is 0 Å². The number of carbonyl (C=O) groups is 1. The minimum Gasteiger partial charge on any atom is -0.337 e. The molecule has 1 aromatic carbocycles. The van der Waals surface area contributed by atoms with Crippen LogP contribution in [-0.2, 0) is 28.4 Å². The lowest BCUT2D eigenvalue weighted by Gasteiger charge is -2.39. The monoisotopic (exact) mass is 435 g/mol. The number of hydrogen-bond donors (Lipinski definition) is 0. The van der Waals surface area contributed by atoms with E-state index < -0.39 is 10.0 Å². The first-order valence-electron chi connectivity index (χ1n) is 10.0. The molecule has 0 aliphatic carbocycles. The molecule has 2 aromatic rings. The van der Waals surface area contributed by atoms with Crippen LogP contribution in [0.5, 0.6) is 0 Å². The lowest BCUT2D eigenvalue weighted by atomic mass is 10.1. The maximum atomic E-state index is 13.1. The van der Waals surface area contributed by atoms with Crippen LogP contribution in [-0.4, -0.2) is 76.7 Å². The minimum absolute atomic E-state index is 0.00139. The summed E-state index contributed by atoms with van der Waals surface area (Å²) in [6.07, 6.45) is 1.96. The summed E-state index contributed by atoms with van der Waals surface area (Å²) in [4.78, 5) is 21.1. The lowest BCUT2D eigenvalue weighted by Crippen LogP contribution is -2.56. The van der Waals surface area contributed by atoms with E-state index in [0.717, 1.165) is 5.56 Å². The summed E-state index contributed by atoms with van der Waals surface area (Å²) >= 11 is 0. The van der Waals surface area contributed by atoms with Gasteiger partial charge in [-0.05, 0) is 31.0 Å². The van der Waals surface area contributed by atoms with Crippen molar-refractivity contribution in [2.75, 3.05) is 32.7 Å². The Labute approximate surface area is 175 Å². The summed E-state index contributed by atoms with van der Waals surface area (Å²) in [5, 5.41) is 0.0478. The first kappa shape index (κ1) is 21.0. The van der Waals surface area contributed by atoms with E-state index in [0.29, 0.717) is 45.0 Å². The van der Waals surface area contributed by atoms with Crippen molar-refractivity contribution in [3.63, 3.8) is 0 Å². The van der Waals surface area contributed by atoms with Crippen LogP contribution in [0.1, 0.15) is 17.8 Å². The Hall–Kier alpha value is -2.30. The zero-order chi connectivity index (χ0) is 21.5. The molecule has 0 radical (unpaired) electrons. The van der Waals surface area contributed by atoms with E-state index in [9.17, 15) is 17.6 Å². The molecule has 0 saturated carbocycles. The second-order valence-corrected chi connectivity index (χ2v) is 9.75. The van der Waals surface area contributed by atoms with Crippen LogP contribution in [0.3, 0.4) is 0 Å². The van der Waals surface area contributed by atoms with Crippen molar-refractivity contribution in [1.82, 2.24) is 23.7 Å². The number of aromatic nitrogens is 2. The highest BCUT2D eigenvalue weighted by atomic mass is 32.2. The predicted molar refractivity (Wildman–Crippen MR) is 108 cm³/mol. The van der Waals surface area contributed by atoms with Gasteiger partial charge in [0, 0.05) is 52.5 Å². The SMILES string of the molecule is Cc1nc(S(=O)(=O)N2CCC3C(=O)N(Cc4ccc(F)cc4)CCN3CC2)cn1C. The average molecular weight is 436 g/mol. The quantitative estimate of drug-likeness (QED) is 0.715. The van der Waals surface area contributed by atoms with Gasteiger partial charge in [0.15, 0.2) is 5.03 Å². The summed E-state index contributed by atoms with van der Waals surface area (Å²) < 4.78 is 42.3. The molecule has 2 saturated heterocycles. The molecule has 1 unspecified atom stereocenters. The Morgan fingerprint density at radius 3 is 2.47 bits per heavy atom. The molecule has 30 heavy (non-hydrogen) atoms. The topological polar surface area (TPSA) is 78.8 Å². The molecule has 4 rings (SSSR count). The Morgan fingerprint density at radius 2 is 1.80 bits per heavy atom. The van der Waals surface area contributed by atoms with Gasteiger partial charge in [-0.1, -0.05) is 12.1 Å². The highest BCUT2D eigenvalue weighted by molar-refractivity contribution is 7.89. The molecule has 2 aliphatic heterocycles. The third-order valence-electron chi connectivity index (χ3n) is 5.96. The zero-order valence-corrected chi connectivity index (χ0v) is 18.0. The summed E-state index contributed by atoms with van der Waals surface area (Å²) in [5.74, 6) is 0.328. The van der Waals surface area contributed by atoms with Gasteiger partial charge in [-0.2, -0.15) is 4.31 Å². The summed E-state index contributed by atoms with van der Waals surface area (Å²) in [5.41, 5.74) is 0.876. The van der Waals surface area contributed by atoms with Crippen molar-refractivity contribution in [2.24, 2.45) is 7.05 Å². The van der Waals surface area contributed by atoms with Crippen molar-refractivity contribution in [2.45, 2.75) is 31.0 Å². The second-order valence-electron chi connectivity index (χ2n) is 7.87. The van der Waals surface area contributed by atoms with Gasteiger partial charge in [0.2, 0.25) is 5.91 Å². The number of fused-ring (bicyclic) bond motifs is 1. The number of sulfonamides is 1. The van der Waals surface area contributed by atoms with Crippen LogP contribution in [0.15, 0.2) is 35.5 Å². The second kappa shape index (κ2) is 8.09. The van der Waals surface area contributed by atoms with E-state index in [4.69, 9.17) is 0 Å². The van der Waals surface area contributed by atoms with E-state index in [1.807, 2.05) is 0 Å². The number of piperazine rings is 1. The van der Waals surface area contributed by atoms with Crippen molar-refractivity contribution in [1.29, 1.82) is 0 Å². The van der Waals surface area contributed by atoms with Crippen molar-refractivity contribution in [3.8, 4) is 0 Å². The molecular formula is C20H26FN5O3S. The number of imidazole rings is 1. The highest BCUT2D eigenvalue weighted by Gasteiger charge is 2.39. The van der Waals surface area contributed by atoms with Gasteiger partial charge in [-0.15, -0.1) is 0 Å². The normalized spacial score (nSPS) is 21.5. The van der Waals surface area contributed by atoms with E-state index in [1.54, 1.807) is 35.6 Å². The molecular weight excluding hydrogens is 409 g/mol. The lowest BCUT2D eigenvalue weighted by molar-refractivity contribution is -0.142. The number of aryl methyl sites for hydroxylation is 2. The van der Waals surface area contributed by atoms with Gasteiger partial charge in [-0.3, -0.25) is 9.69 Å². The van der Waals surface area contributed by atoms with Crippen molar-refractivity contribution < 1.29 is 17.6 Å². The number of rotatable bonds is 4. The third kappa shape index (κ3) is 3.99. The predicted octanol–water partition coefficient (Wildman–Crippen LogP) is 0.975. The Morgan fingerprint density at radius 1 is 1.10 bits per heavy atom. The molecule has 1 atom stereocenters. The first-order valence-corrected chi connectivity index (χ1v) is 11.5. The average Bonchev–Trinajstić information content (AvgIpc) is 2.92.